The van der Waals surface area contributed by atoms with Crippen molar-refractivity contribution in [2.24, 2.45) is 0 Å². The second-order valence-corrected chi connectivity index (χ2v) is 4.83. The van der Waals surface area contributed by atoms with Crippen molar-refractivity contribution >= 4 is 17.2 Å². The molecular formula is C12H20N2OS. The molecule has 0 aliphatic rings. The highest BCUT2D eigenvalue weighted by atomic mass is 32.1. The van der Waals surface area contributed by atoms with E-state index in [9.17, 15) is 4.79 Å². The minimum Gasteiger partial charge on any atom is -0.355 e. The van der Waals surface area contributed by atoms with Crippen LogP contribution >= 0.6 is 11.3 Å². The van der Waals surface area contributed by atoms with Gasteiger partial charge in [-0.15, -0.1) is 0 Å². The molecule has 0 aromatic carbocycles. The maximum atomic E-state index is 11.4. The number of hydrogen-bond donors (Lipinski definition) is 1. The summed E-state index contributed by atoms with van der Waals surface area (Å²) < 4.78 is 0. The predicted molar refractivity (Wildman–Crippen MR) is 68.8 cm³/mol. The van der Waals surface area contributed by atoms with Gasteiger partial charge >= 0.3 is 0 Å². The number of carbonyl (C=O) groups excluding carboxylic acids is 1. The first kappa shape index (κ1) is 13.2. The molecule has 16 heavy (non-hydrogen) atoms. The highest BCUT2D eigenvalue weighted by molar-refractivity contribution is 7.07. The predicted octanol–water partition coefficient (Wildman–Crippen LogP) is 1.75. The lowest BCUT2D eigenvalue weighted by Crippen LogP contribution is -2.40. The molecule has 0 saturated heterocycles. The summed E-state index contributed by atoms with van der Waals surface area (Å²) in [5.74, 6) is 0.0992. The smallest absolute Gasteiger partial charge is 0.234 e. The van der Waals surface area contributed by atoms with Crippen LogP contribution in [-0.2, 0) is 11.2 Å². The molecule has 1 aromatic rings. The zero-order chi connectivity index (χ0) is 12.0. The van der Waals surface area contributed by atoms with Crippen LogP contribution in [0.25, 0.3) is 0 Å². The Morgan fingerprint density at radius 2 is 2.38 bits per heavy atom. The van der Waals surface area contributed by atoms with Crippen molar-refractivity contribution in [2.45, 2.75) is 26.3 Å². The summed E-state index contributed by atoms with van der Waals surface area (Å²) in [5.41, 5.74) is 1.35. The van der Waals surface area contributed by atoms with Crippen LogP contribution in [0.15, 0.2) is 16.8 Å². The lowest BCUT2D eigenvalue weighted by molar-refractivity contribution is -0.122. The van der Waals surface area contributed by atoms with E-state index in [0.717, 1.165) is 6.42 Å². The van der Waals surface area contributed by atoms with E-state index in [0.29, 0.717) is 19.1 Å². The van der Waals surface area contributed by atoms with Crippen LogP contribution in [0.4, 0.5) is 0 Å². The lowest BCUT2D eigenvalue weighted by atomic mass is 10.1. The van der Waals surface area contributed by atoms with Crippen LogP contribution < -0.4 is 5.32 Å². The van der Waals surface area contributed by atoms with Gasteiger partial charge in [-0.05, 0) is 49.7 Å². The molecule has 1 amide bonds. The maximum Gasteiger partial charge on any atom is 0.234 e. The Labute approximate surface area is 101 Å². The number of thiophene rings is 1. The quantitative estimate of drug-likeness (QED) is 0.821. The standard InChI is InChI=1S/C12H20N2OS/c1-4-13-12(15)8-14(3)10(2)7-11-5-6-16-9-11/h5-6,9-10H,4,7-8H2,1-3H3,(H,13,15)/t10-/m0/s1. The van der Waals surface area contributed by atoms with E-state index in [1.807, 2.05) is 14.0 Å². The van der Waals surface area contributed by atoms with E-state index in [1.165, 1.54) is 5.56 Å². The van der Waals surface area contributed by atoms with Crippen LogP contribution in [0, 0.1) is 0 Å². The lowest BCUT2D eigenvalue weighted by Gasteiger charge is -2.23. The minimum atomic E-state index is 0.0992. The SMILES string of the molecule is CCNC(=O)CN(C)[C@@H](C)Cc1ccsc1. The van der Waals surface area contributed by atoms with Crippen molar-refractivity contribution in [3.05, 3.63) is 22.4 Å². The third-order valence-electron chi connectivity index (χ3n) is 2.63. The largest absolute Gasteiger partial charge is 0.355 e. The van der Waals surface area contributed by atoms with Crippen LogP contribution in [0.3, 0.4) is 0 Å². The van der Waals surface area contributed by atoms with Crippen LogP contribution in [0.5, 0.6) is 0 Å². The Morgan fingerprint density at radius 1 is 1.62 bits per heavy atom. The van der Waals surface area contributed by atoms with Gasteiger partial charge in [0.05, 0.1) is 6.54 Å². The van der Waals surface area contributed by atoms with Gasteiger partial charge < -0.3 is 5.32 Å². The monoisotopic (exact) mass is 240 g/mol. The number of amides is 1. The van der Waals surface area contributed by atoms with Gasteiger partial charge in [-0.3, -0.25) is 9.69 Å². The third kappa shape index (κ3) is 4.33. The molecule has 1 N–H and O–H groups in total. The molecule has 0 aliphatic heterocycles. The Morgan fingerprint density at radius 3 is 2.94 bits per heavy atom. The normalized spacial score (nSPS) is 12.8. The van der Waals surface area contributed by atoms with E-state index < -0.39 is 0 Å². The fraction of sp³-hybridized carbons (Fsp3) is 0.583. The molecule has 0 radical (unpaired) electrons. The van der Waals surface area contributed by atoms with Gasteiger partial charge in [-0.2, -0.15) is 11.3 Å². The molecule has 1 aromatic heterocycles. The zero-order valence-corrected chi connectivity index (χ0v) is 11.0. The van der Waals surface area contributed by atoms with Gasteiger partial charge in [0.25, 0.3) is 0 Å². The van der Waals surface area contributed by atoms with Gasteiger partial charge in [0.2, 0.25) is 5.91 Å². The molecular weight excluding hydrogens is 220 g/mol. The number of nitrogens with zero attached hydrogens (tertiary/aromatic N) is 1. The molecule has 0 unspecified atom stereocenters. The zero-order valence-electron chi connectivity index (χ0n) is 10.2. The summed E-state index contributed by atoms with van der Waals surface area (Å²) in [7, 11) is 1.99. The molecule has 0 saturated carbocycles. The van der Waals surface area contributed by atoms with Crippen LogP contribution in [-0.4, -0.2) is 37.0 Å². The Balaban J connectivity index is 2.35. The fourth-order valence-corrected chi connectivity index (χ4v) is 2.22. The third-order valence-corrected chi connectivity index (χ3v) is 3.36. The number of likely N-dealkylation sites (N-methyl/N-ethyl adjacent to an activating group) is 2. The highest BCUT2D eigenvalue weighted by Gasteiger charge is 2.13. The molecule has 1 rings (SSSR count). The Kier molecular flexibility index (Phi) is 5.49. The fourth-order valence-electron chi connectivity index (χ4n) is 1.54. The van der Waals surface area contributed by atoms with E-state index in [4.69, 9.17) is 0 Å². The van der Waals surface area contributed by atoms with Crippen LogP contribution in [0.2, 0.25) is 0 Å². The highest BCUT2D eigenvalue weighted by Crippen LogP contribution is 2.11. The van der Waals surface area contributed by atoms with Crippen molar-refractivity contribution in [2.75, 3.05) is 20.1 Å². The Hall–Kier alpha value is -0.870. The van der Waals surface area contributed by atoms with E-state index in [2.05, 4.69) is 34.0 Å². The van der Waals surface area contributed by atoms with E-state index >= 15 is 0 Å². The van der Waals surface area contributed by atoms with E-state index in [1.54, 1.807) is 11.3 Å². The molecule has 0 fully saturated rings. The van der Waals surface area contributed by atoms with E-state index in [-0.39, 0.29) is 5.91 Å². The molecule has 0 spiro atoms. The molecule has 4 heteroatoms. The van der Waals surface area contributed by atoms with Crippen molar-refractivity contribution in [3.8, 4) is 0 Å². The summed E-state index contributed by atoms with van der Waals surface area (Å²) in [4.78, 5) is 13.5. The Bertz CT molecular complexity index is 311. The van der Waals surface area contributed by atoms with Gasteiger partial charge in [-0.1, -0.05) is 0 Å². The van der Waals surface area contributed by atoms with Gasteiger partial charge in [0, 0.05) is 12.6 Å². The number of nitrogens with one attached hydrogen (secondary N) is 1. The summed E-state index contributed by atoms with van der Waals surface area (Å²) >= 11 is 1.72. The maximum absolute atomic E-state index is 11.4. The first-order valence-electron chi connectivity index (χ1n) is 5.61. The van der Waals surface area contributed by atoms with Crippen LogP contribution in [0.1, 0.15) is 19.4 Å². The summed E-state index contributed by atoms with van der Waals surface area (Å²) in [6, 6.07) is 2.53. The molecule has 90 valence electrons. The number of carbonyl (C=O) groups is 1. The molecule has 0 aliphatic carbocycles. The summed E-state index contributed by atoms with van der Waals surface area (Å²) in [6.07, 6.45) is 0.999. The molecule has 0 bridgehead atoms. The average Bonchev–Trinajstić information content (AvgIpc) is 2.70. The van der Waals surface area contributed by atoms with Crippen molar-refractivity contribution in [1.29, 1.82) is 0 Å². The molecule has 3 nitrogen and oxygen atoms in total. The van der Waals surface area contributed by atoms with Gasteiger partial charge in [-0.25, -0.2) is 0 Å². The van der Waals surface area contributed by atoms with Crippen molar-refractivity contribution in [1.82, 2.24) is 10.2 Å². The van der Waals surface area contributed by atoms with Gasteiger partial charge in [0.1, 0.15) is 0 Å². The molecule has 1 heterocycles. The average molecular weight is 240 g/mol. The first-order valence-corrected chi connectivity index (χ1v) is 6.55. The minimum absolute atomic E-state index is 0.0992. The first-order chi connectivity index (χ1) is 7.63. The number of hydrogen-bond acceptors (Lipinski definition) is 3. The topological polar surface area (TPSA) is 32.3 Å². The van der Waals surface area contributed by atoms with Crippen molar-refractivity contribution < 1.29 is 4.79 Å². The molecule has 1 atom stereocenters. The second kappa shape index (κ2) is 6.66. The summed E-state index contributed by atoms with van der Waals surface area (Å²) in [6.45, 7) is 5.26. The second-order valence-electron chi connectivity index (χ2n) is 4.05. The van der Waals surface area contributed by atoms with Crippen molar-refractivity contribution in [3.63, 3.8) is 0 Å². The number of rotatable bonds is 6. The van der Waals surface area contributed by atoms with Gasteiger partial charge in [0.15, 0.2) is 0 Å². The summed E-state index contributed by atoms with van der Waals surface area (Å²) in [5, 5.41) is 7.06.